The number of carbonyl (C=O) groups is 1. The predicted octanol–water partition coefficient (Wildman–Crippen LogP) is 2.76. The zero-order chi connectivity index (χ0) is 19.8. The summed E-state index contributed by atoms with van der Waals surface area (Å²) in [6, 6.07) is 6.81. The first-order valence-corrected chi connectivity index (χ1v) is 8.95. The summed E-state index contributed by atoms with van der Waals surface area (Å²) in [5.74, 6) is 0.763. The fourth-order valence-corrected chi connectivity index (χ4v) is 3.66. The molecule has 0 bridgehead atoms. The van der Waals surface area contributed by atoms with E-state index in [1.165, 1.54) is 7.11 Å². The molecule has 1 aliphatic rings. The zero-order valence-electron chi connectivity index (χ0n) is 15.9. The summed E-state index contributed by atoms with van der Waals surface area (Å²) in [5, 5.41) is 15.9. The van der Waals surface area contributed by atoms with Crippen LogP contribution in [0, 0.1) is 13.8 Å². The number of fused-ring (bicyclic) bond motifs is 1. The third-order valence-corrected chi connectivity index (χ3v) is 4.95. The summed E-state index contributed by atoms with van der Waals surface area (Å²) in [4.78, 5) is 21.2. The molecule has 1 amide bonds. The maximum atomic E-state index is 12.3. The Morgan fingerprint density at radius 3 is 2.82 bits per heavy atom. The number of phenols is 1. The molecule has 0 spiro atoms. The van der Waals surface area contributed by atoms with Gasteiger partial charge in [0.05, 0.1) is 12.8 Å². The molecule has 28 heavy (non-hydrogen) atoms. The van der Waals surface area contributed by atoms with E-state index in [2.05, 4.69) is 20.6 Å². The Labute approximate surface area is 162 Å². The molecule has 144 valence electrons. The number of nitrogens with zero attached hydrogens (tertiary/aromatic N) is 3. The lowest BCUT2D eigenvalue weighted by molar-refractivity contribution is 0.0926. The molecule has 3 aromatic rings. The molecule has 8 nitrogen and oxygen atoms in total. The summed E-state index contributed by atoms with van der Waals surface area (Å²) in [7, 11) is 1.50. The number of hydrogen-bond donors (Lipinski definition) is 3. The topological polar surface area (TPSA) is 101 Å². The second-order valence-corrected chi connectivity index (χ2v) is 6.62. The van der Waals surface area contributed by atoms with Gasteiger partial charge in [0.1, 0.15) is 5.69 Å². The smallest absolute Gasteiger partial charge is 0.268 e. The van der Waals surface area contributed by atoms with Crippen molar-refractivity contribution >= 4 is 17.5 Å². The van der Waals surface area contributed by atoms with Gasteiger partial charge < -0.3 is 25.0 Å². The molecule has 1 aromatic carbocycles. The van der Waals surface area contributed by atoms with E-state index in [1.807, 2.05) is 24.5 Å². The minimum Gasteiger partial charge on any atom is -0.504 e. The first-order chi connectivity index (χ1) is 13.5. The average Bonchev–Trinajstić information content (AvgIpc) is 2.94. The minimum atomic E-state index is -0.0563. The Bertz CT molecular complexity index is 1070. The molecule has 3 N–H and O–H groups in total. The van der Waals surface area contributed by atoms with Gasteiger partial charge in [-0.1, -0.05) is 0 Å². The third-order valence-electron chi connectivity index (χ3n) is 4.95. The van der Waals surface area contributed by atoms with E-state index in [0.717, 1.165) is 29.1 Å². The Morgan fingerprint density at radius 1 is 1.29 bits per heavy atom. The van der Waals surface area contributed by atoms with Crippen molar-refractivity contribution in [1.29, 1.82) is 0 Å². The van der Waals surface area contributed by atoms with Crippen LogP contribution in [0.5, 0.6) is 11.5 Å². The van der Waals surface area contributed by atoms with Crippen LogP contribution in [0.4, 0.5) is 11.6 Å². The number of anilines is 2. The molecule has 3 heterocycles. The lowest BCUT2D eigenvalue weighted by Gasteiger charge is -2.17. The van der Waals surface area contributed by atoms with E-state index in [0.29, 0.717) is 29.6 Å². The number of nitrogens with one attached hydrogen (secondary N) is 2. The van der Waals surface area contributed by atoms with Crippen LogP contribution >= 0.6 is 0 Å². The maximum Gasteiger partial charge on any atom is 0.268 e. The quantitative estimate of drug-likeness (QED) is 0.644. The molecule has 4 rings (SSSR count). The summed E-state index contributed by atoms with van der Waals surface area (Å²) < 4.78 is 7.10. The van der Waals surface area contributed by atoms with E-state index in [-0.39, 0.29) is 11.7 Å². The van der Waals surface area contributed by atoms with Crippen molar-refractivity contribution in [2.45, 2.75) is 20.4 Å². The number of ether oxygens (including phenoxy) is 1. The van der Waals surface area contributed by atoms with Gasteiger partial charge in [0.2, 0.25) is 5.95 Å². The highest BCUT2D eigenvalue weighted by Crippen LogP contribution is 2.33. The molecule has 0 fully saturated rings. The fourth-order valence-electron chi connectivity index (χ4n) is 3.66. The fraction of sp³-hybridized carbons (Fsp3) is 0.250. The monoisotopic (exact) mass is 379 g/mol. The maximum absolute atomic E-state index is 12.3. The number of methoxy groups -OCH3 is 1. The standard InChI is InChI=1S/C20H21N5O3/c1-11-17(12(2)25-9-8-21-19(27)18(11)25)14-6-7-22-20(24-14)23-13-4-5-16(28-3)15(26)10-13/h4-7,10,26H,8-9H2,1-3H3,(H,21,27)(H,22,23,24). The van der Waals surface area contributed by atoms with Crippen molar-refractivity contribution in [2.24, 2.45) is 0 Å². The number of rotatable bonds is 4. The molecule has 0 atom stereocenters. The van der Waals surface area contributed by atoms with Crippen LogP contribution in [0.3, 0.4) is 0 Å². The highest BCUT2D eigenvalue weighted by Gasteiger charge is 2.26. The summed E-state index contributed by atoms with van der Waals surface area (Å²) in [6.07, 6.45) is 1.67. The highest BCUT2D eigenvalue weighted by atomic mass is 16.5. The molecule has 1 aliphatic heterocycles. The minimum absolute atomic E-state index is 0.0291. The van der Waals surface area contributed by atoms with Crippen molar-refractivity contribution in [2.75, 3.05) is 19.0 Å². The second kappa shape index (κ2) is 6.88. The van der Waals surface area contributed by atoms with E-state index >= 15 is 0 Å². The van der Waals surface area contributed by atoms with Crippen molar-refractivity contribution in [3.05, 3.63) is 47.4 Å². The van der Waals surface area contributed by atoms with E-state index < -0.39 is 0 Å². The number of carbonyl (C=O) groups excluding carboxylic acids is 1. The van der Waals surface area contributed by atoms with Crippen molar-refractivity contribution in [3.8, 4) is 22.8 Å². The van der Waals surface area contributed by atoms with Gasteiger partial charge in [0.15, 0.2) is 11.5 Å². The molecule has 0 saturated heterocycles. The normalized spacial score (nSPS) is 13.0. The van der Waals surface area contributed by atoms with Crippen molar-refractivity contribution in [3.63, 3.8) is 0 Å². The van der Waals surface area contributed by atoms with Gasteiger partial charge in [-0.15, -0.1) is 0 Å². The van der Waals surface area contributed by atoms with Crippen LogP contribution in [0.1, 0.15) is 21.7 Å². The van der Waals surface area contributed by atoms with Gasteiger partial charge in [-0.25, -0.2) is 9.97 Å². The summed E-state index contributed by atoms with van der Waals surface area (Å²) in [5.41, 5.74) is 4.91. The van der Waals surface area contributed by atoms with Gasteiger partial charge in [-0.2, -0.15) is 0 Å². The Balaban J connectivity index is 1.70. The highest BCUT2D eigenvalue weighted by molar-refractivity contribution is 5.97. The lowest BCUT2D eigenvalue weighted by Crippen LogP contribution is -2.35. The molecule has 0 saturated carbocycles. The SMILES string of the molecule is COc1ccc(Nc2nccc(-c3c(C)c4n(c3C)CCNC4=O)n2)cc1O. The van der Waals surface area contributed by atoms with E-state index in [9.17, 15) is 9.90 Å². The van der Waals surface area contributed by atoms with Crippen molar-refractivity contribution < 1.29 is 14.6 Å². The molecule has 2 aromatic heterocycles. The molecule has 8 heteroatoms. The van der Waals surface area contributed by atoms with Crippen LogP contribution in [0.15, 0.2) is 30.5 Å². The van der Waals surface area contributed by atoms with Crippen LogP contribution in [-0.2, 0) is 6.54 Å². The van der Waals surface area contributed by atoms with Crippen molar-refractivity contribution in [1.82, 2.24) is 19.9 Å². The van der Waals surface area contributed by atoms with Crippen LogP contribution in [0.2, 0.25) is 0 Å². The lowest BCUT2D eigenvalue weighted by atomic mass is 10.1. The first-order valence-electron chi connectivity index (χ1n) is 8.95. The van der Waals surface area contributed by atoms with Gasteiger partial charge in [0, 0.05) is 42.3 Å². The predicted molar refractivity (Wildman–Crippen MR) is 105 cm³/mol. The zero-order valence-corrected chi connectivity index (χ0v) is 15.9. The number of benzene rings is 1. The second-order valence-electron chi connectivity index (χ2n) is 6.62. The number of hydrogen-bond acceptors (Lipinski definition) is 6. The van der Waals surface area contributed by atoms with Gasteiger partial charge in [-0.05, 0) is 37.6 Å². The first kappa shape index (κ1) is 17.8. The van der Waals surface area contributed by atoms with Crippen LogP contribution in [0.25, 0.3) is 11.3 Å². The summed E-state index contributed by atoms with van der Waals surface area (Å²) in [6.45, 7) is 5.31. The largest absolute Gasteiger partial charge is 0.504 e. The Hall–Kier alpha value is -3.55. The van der Waals surface area contributed by atoms with Crippen LogP contribution in [-0.4, -0.2) is 39.2 Å². The van der Waals surface area contributed by atoms with Gasteiger partial charge in [-0.3, -0.25) is 4.79 Å². The number of phenolic OH excluding ortho intramolecular Hbond substituents is 1. The number of aromatic hydroxyl groups is 1. The van der Waals surface area contributed by atoms with Gasteiger partial charge >= 0.3 is 0 Å². The van der Waals surface area contributed by atoms with Crippen LogP contribution < -0.4 is 15.4 Å². The molecular formula is C20H21N5O3. The molecule has 0 aliphatic carbocycles. The Morgan fingerprint density at radius 2 is 2.11 bits per heavy atom. The van der Waals surface area contributed by atoms with Gasteiger partial charge in [0.25, 0.3) is 5.91 Å². The molecule has 0 unspecified atom stereocenters. The van der Waals surface area contributed by atoms with E-state index in [1.54, 1.807) is 24.4 Å². The molecule has 0 radical (unpaired) electrons. The third kappa shape index (κ3) is 2.92. The van der Waals surface area contributed by atoms with E-state index in [4.69, 9.17) is 4.74 Å². The summed E-state index contributed by atoms with van der Waals surface area (Å²) >= 11 is 0. The number of aromatic nitrogens is 3. The number of amides is 1. The average molecular weight is 379 g/mol. The molecular weight excluding hydrogens is 358 g/mol. The Kier molecular flexibility index (Phi) is 4.38.